The van der Waals surface area contributed by atoms with Gasteiger partial charge >= 0.3 is 0 Å². The van der Waals surface area contributed by atoms with Crippen molar-refractivity contribution in [2.24, 2.45) is 0 Å². The molecule has 1 heterocycles. The maximum Gasteiger partial charge on any atom is 0.255 e. The highest BCUT2D eigenvalue weighted by atomic mass is 16.5. The summed E-state index contributed by atoms with van der Waals surface area (Å²) in [4.78, 5) is 17.1. The van der Waals surface area contributed by atoms with Gasteiger partial charge in [-0.3, -0.25) is 9.78 Å². The third-order valence-electron chi connectivity index (χ3n) is 4.93. The smallest absolute Gasteiger partial charge is 0.255 e. The second kappa shape index (κ2) is 10.0. The fourth-order valence-electron chi connectivity index (χ4n) is 3.12. The molecule has 0 aliphatic heterocycles. The molecule has 156 valence electrons. The summed E-state index contributed by atoms with van der Waals surface area (Å²) >= 11 is 0. The Balaban J connectivity index is 1.67. The first-order valence-corrected chi connectivity index (χ1v) is 9.93. The molecular weight excluding hydrogens is 376 g/mol. The quantitative estimate of drug-likeness (QED) is 0.494. The molecule has 0 saturated heterocycles. The first kappa shape index (κ1) is 21.5. The monoisotopic (exact) mass is 404 g/mol. The molecule has 0 aliphatic carbocycles. The third kappa shape index (κ3) is 5.43. The van der Waals surface area contributed by atoms with E-state index in [1.807, 2.05) is 44.3 Å². The van der Waals surface area contributed by atoms with E-state index in [0.717, 1.165) is 35.5 Å². The fraction of sp³-hybridized carbons (Fsp3) is 0.250. The number of amides is 1. The largest absolute Gasteiger partial charge is 0.397 e. The summed E-state index contributed by atoms with van der Waals surface area (Å²) in [5.74, 6) is -0.198. The summed E-state index contributed by atoms with van der Waals surface area (Å²) in [6.45, 7) is 5.60. The second-order valence-corrected chi connectivity index (χ2v) is 7.31. The van der Waals surface area contributed by atoms with Crippen LogP contribution < -0.4 is 16.4 Å². The van der Waals surface area contributed by atoms with Crippen LogP contribution in [0.5, 0.6) is 0 Å². The molecule has 1 amide bonds. The van der Waals surface area contributed by atoms with Gasteiger partial charge in [0, 0.05) is 37.5 Å². The molecule has 6 heteroatoms. The molecule has 2 aromatic carbocycles. The van der Waals surface area contributed by atoms with Gasteiger partial charge in [-0.2, -0.15) is 0 Å². The van der Waals surface area contributed by atoms with E-state index < -0.39 is 0 Å². The number of hydrogen-bond acceptors (Lipinski definition) is 5. The first-order chi connectivity index (χ1) is 14.5. The number of carbonyl (C=O) groups is 1. The van der Waals surface area contributed by atoms with Crippen LogP contribution in [0.15, 0.2) is 60.8 Å². The van der Waals surface area contributed by atoms with Crippen LogP contribution in [-0.2, 0) is 11.3 Å². The number of ether oxygens (including phenoxy) is 1. The van der Waals surface area contributed by atoms with E-state index >= 15 is 0 Å². The molecule has 1 atom stereocenters. The molecule has 1 unspecified atom stereocenters. The van der Waals surface area contributed by atoms with Crippen LogP contribution in [-0.4, -0.2) is 30.6 Å². The van der Waals surface area contributed by atoms with Gasteiger partial charge in [-0.05, 0) is 49.2 Å². The van der Waals surface area contributed by atoms with E-state index in [9.17, 15) is 4.79 Å². The average molecular weight is 405 g/mol. The zero-order chi connectivity index (χ0) is 21.5. The molecule has 0 saturated carbocycles. The van der Waals surface area contributed by atoms with Crippen molar-refractivity contribution in [3.8, 4) is 11.3 Å². The van der Waals surface area contributed by atoms with Gasteiger partial charge in [0.15, 0.2) is 0 Å². The van der Waals surface area contributed by atoms with Crippen molar-refractivity contribution >= 4 is 17.3 Å². The lowest BCUT2D eigenvalue weighted by atomic mass is 10.0. The molecule has 3 rings (SSSR count). The molecule has 1 aromatic heterocycles. The number of nitrogens with one attached hydrogen (secondary N) is 2. The first-order valence-electron chi connectivity index (χ1n) is 9.93. The van der Waals surface area contributed by atoms with Crippen molar-refractivity contribution in [2.45, 2.75) is 26.5 Å². The summed E-state index contributed by atoms with van der Waals surface area (Å²) in [5, 5.41) is 6.20. The van der Waals surface area contributed by atoms with Crippen molar-refractivity contribution < 1.29 is 9.53 Å². The number of aromatic nitrogens is 1. The number of nitrogen functional groups attached to an aromatic ring is 1. The summed E-state index contributed by atoms with van der Waals surface area (Å²) in [6.07, 6.45) is 2.05. The number of nitrogens with zero attached hydrogens (tertiary/aromatic N) is 1. The SMILES string of the molecule is COC(C)CNCc1cnc(-c2ccc(C(=O)Nc3ccccc3N)cc2)c(C)c1. The van der Waals surface area contributed by atoms with Crippen LogP contribution in [0.2, 0.25) is 0 Å². The maximum atomic E-state index is 12.5. The van der Waals surface area contributed by atoms with Crippen LogP contribution in [0.1, 0.15) is 28.4 Å². The van der Waals surface area contributed by atoms with Gasteiger partial charge in [-0.25, -0.2) is 0 Å². The molecule has 6 nitrogen and oxygen atoms in total. The third-order valence-corrected chi connectivity index (χ3v) is 4.93. The van der Waals surface area contributed by atoms with E-state index in [1.165, 1.54) is 0 Å². The maximum absolute atomic E-state index is 12.5. The van der Waals surface area contributed by atoms with Gasteiger partial charge in [-0.15, -0.1) is 0 Å². The Morgan fingerprint density at radius 2 is 1.90 bits per heavy atom. The van der Waals surface area contributed by atoms with Crippen LogP contribution in [0.4, 0.5) is 11.4 Å². The number of anilines is 2. The highest BCUT2D eigenvalue weighted by Crippen LogP contribution is 2.23. The topological polar surface area (TPSA) is 89.3 Å². The molecular formula is C24H28N4O2. The Kier molecular flexibility index (Phi) is 7.17. The van der Waals surface area contributed by atoms with Crippen molar-refractivity contribution in [2.75, 3.05) is 24.7 Å². The highest BCUT2D eigenvalue weighted by Gasteiger charge is 2.10. The van der Waals surface area contributed by atoms with Gasteiger partial charge in [0.2, 0.25) is 0 Å². The number of aryl methyl sites for hydroxylation is 1. The van der Waals surface area contributed by atoms with Crippen LogP contribution in [0.25, 0.3) is 11.3 Å². The Labute approximate surface area is 177 Å². The molecule has 30 heavy (non-hydrogen) atoms. The summed E-state index contributed by atoms with van der Waals surface area (Å²) < 4.78 is 5.24. The van der Waals surface area contributed by atoms with E-state index in [4.69, 9.17) is 10.5 Å². The Morgan fingerprint density at radius 1 is 1.17 bits per heavy atom. The standard InChI is InChI=1S/C24H28N4O2/c1-16-12-18(14-26-13-17(2)30-3)15-27-23(16)19-8-10-20(11-9-19)24(29)28-22-7-5-4-6-21(22)25/h4-12,15,17,26H,13-14,25H2,1-3H3,(H,28,29). The van der Waals surface area contributed by atoms with Crippen molar-refractivity contribution in [3.05, 3.63) is 77.5 Å². The lowest BCUT2D eigenvalue weighted by Crippen LogP contribution is -2.25. The normalized spacial score (nSPS) is 11.8. The number of hydrogen-bond donors (Lipinski definition) is 3. The number of pyridine rings is 1. The zero-order valence-corrected chi connectivity index (χ0v) is 17.6. The molecule has 0 radical (unpaired) electrons. The number of nitrogens with two attached hydrogens (primary N) is 1. The Morgan fingerprint density at radius 3 is 2.57 bits per heavy atom. The Hall–Kier alpha value is -3.22. The number of rotatable bonds is 8. The summed E-state index contributed by atoms with van der Waals surface area (Å²) in [6, 6.07) is 16.8. The van der Waals surface area contributed by atoms with E-state index in [2.05, 4.69) is 21.7 Å². The van der Waals surface area contributed by atoms with Crippen molar-refractivity contribution in [3.63, 3.8) is 0 Å². The van der Waals surface area contributed by atoms with Crippen molar-refractivity contribution in [1.29, 1.82) is 0 Å². The van der Waals surface area contributed by atoms with Gasteiger partial charge in [0.1, 0.15) is 0 Å². The fourth-order valence-corrected chi connectivity index (χ4v) is 3.12. The zero-order valence-electron chi connectivity index (χ0n) is 17.6. The van der Waals surface area contributed by atoms with Gasteiger partial charge < -0.3 is 21.1 Å². The summed E-state index contributed by atoms with van der Waals surface area (Å²) in [7, 11) is 1.71. The predicted octanol–water partition coefficient (Wildman–Crippen LogP) is 4.02. The minimum atomic E-state index is -0.198. The number of benzene rings is 2. The predicted molar refractivity (Wildman–Crippen MR) is 121 cm³/mol. The van der Waals surface area contributed by atoms with Crippen LogP contribution >= 0.6 is 0 Å². The van der Waals surface area contributed by atoms with Crippen LogP contribution in [0, 0.1) is 6.92 Å². The lowest BCUT2D eigenvalue weighted by molar-refractivity contribution is 0.102. The van der Waals surface area contributed by atoms with Gasteiger partial charge in [-0.1, -0.05) is 30.3 Å². The number of para-hydroxylation sites is 2. The number of carbonyl (C=O) groups excluding carboxylic acids is 1. The van der Waals surface area contributed by atoms with E-state index in [0.29, 0.717) is 16.9 Å². The minimum absolute atomic E-state index is 0.173. The Bertz CT molecular complexity index is 1000. The van der Waals surface area contributed by atoms with Gasteiger partial charge in [0.25, 0.3) is 5.91 Å². The molecule has 4 N–H and O–H groups in total. The molecule has 0 spiro atoms. The minimum Gasteiger partial charge on any atom is -0.397 e. The lowest BCUT2D eigenvalue weighted by Gasteiger charge is -2.12. The molecule has 0 aliphatic rings. The van der Waals surface area contributed by atoms with Gasteiger partial charge in [0.05, 0.1) is 23.2 Å². The van der Waals surface area contributed by atoms with Crippen LogP contribution in [0.3, 0.4) is 0 Å². The van der Waals surface area contributed by atoms with E-state index in [1.54, 1.807) is 31.4 Å². The molecule has 0 fully saturated rings. The summed E-state index contributed by atoms with van der Waals surface area (Å²) in [5.41, 5.74) is 11.7. The van der Waals surface area contributed by atoms with E-state index in [-0.39, 0.29) is 12.0 Å². The molecule has 3 aromatic rings. The number of methoxy groups -OCH3 is 1. The second-order valence-electron chi connectivity index (χ2n) is 7.31. The average Bonchev–Trinajstić information content (AvgIpc) is 2.75. The molecule has 0 bridgehead atoms. The van der Waals surface area contributed by atoms with Crippen molar-refractivity contribution in [1.82, 2.24) is 10.3 Å². The highest BCUT2D eigenvalue weighted by molar-refractivity contribution is 6.05.